The maximum Gasteiger partial charge on any atom is 0.214 e. The number of benzene rings is 1. The Morgan fingerprint density at radius 2 is 2.00 bits per heavy atom. The second-order valence-corrected chi connectivity index (χ2v) is 9.17. The van der Waals surface area contributed by atoms with Gasteiger partial charge in [0.15, 0.2) is 5.65 Å². The molecule has 0 spiro atoms. The van der Waals surface area contributed by atoms with Gasteiger partial charge in [-0.1, -0.05) is 6.92 Å². The summed E-state index contributed by atoms with van der Waals surface area (Å²) < 4.78 is 24.4. The number of rotatable bonds is 7. The van der Waals surface area contributed by atoms with Crippen molar-refractivity contribution in [1.82, 2.24) is 20.2 Å². The molecule has 5 rings (SSSR count). The lowest BCUT2D eigenvalue weighted by Gasteiger charge is -2.37. The van der Waals surface area contributed by atoms with Crippen molar-refractivity contribution in [2.75, 3.05) is 38.7 Å². The molecule has 10 nitrogen and oxygen atoms in total. The molecule has 38 heavy (non-hydrogen) atoms. The van der Waals surface area contributed by atoms with Crippen LogP contribution in [0.5, 0.6) is 5.88 Å². The number of aromatic nitrogens is 4. The van der Waals surface area contributed by atoms with E-state index in [1.54, 1.807) is 24.5 Å². The topological polar surface area (TPSA) is 162 Å². The summed E-state index contributed by atoms with van der Waals surface area (Å²) in [5.74, 6) is -0.112. The first-order valence-corrected chi connectivity index (χ1v) is 12.0. The molecular formula is C27H33FN6O4. The summed E-state index contributed by atoms with van der Waals surface area (Å²) in [6, 6.07) is 8.46. The summed E-state index contributed by atoms with van der Waals surface area (Å²) in [6.07, 6.45) is 4.45. The molecule has 0 amide bonds. The molecule has 0 unspecified atom stereocenters. The number of halogens is 1. The molecule has 0 atom stereocenters. The average molecular weight is 525 g/mol. The fourth-order valence-electron chi connectivity index (χ4n) is 4.04. The number of nitrogens with one attached hydrogen (secondary N) is 1. The molecule has 0 radical (unpaired) electrons. The van der Waals surface area contributed by atoms with Crippen molar-refractivity contribution in [3.63, 3.8) is 0 Å². The number of carbonyl (C=O) groups excluding carboxylic acids is 1. The molecule has 11 heteroatoms. The predicted octanol–water partition coefficient (Wildman–Crippen LogP) is 3.27. The van der Waals surface area contributed by atoms with Crippen LogP contribution in [-0.4, -0.2) is 65.0 Å². The number of nitrogens with zero attached hydrogens (tertiary/aromatic N) is 3. The summed E-state index contributed by atoms with van der Waals surface area (Å²) in [6.45, 7) is 8.60. The second-order valence-electron chi connectivity index (χ2n) is 9.17. The zero-order valence-electron chi connectivity index (χ0n) is 21.5. The number of aromatic amines is 1. The van der Waals surface area contributed by atoms with Crippen LogP contribution in [0, 0.1) is 18.2 Å². The molecule has 1 fully saturated rings. The fraction of sp³-hybridized carbons (Fsp3) is 0.333. The Labute approximate surface area is 220 Å². The number of carbonyl (C=O) groups is 1. The van der Waals surface area contributed by atoms with Gasteiger partial charge in [-0.15, -0.1) is 0 Å². The van der Waals surface area contributed by atoms with Gasteiger partial charge in [0, 0.05) is 28.6 Å². The smallest absolute Gasteiger partial charge is 0.214 e. The highest BCUT2D eigenvalue weighted by Gasteiger charge is 2.31. The zero-order chi connectivity index (χ0) is 27.7. The molecule has 3 aromatic heterocycles. The number of aryl methyl sites for hydroxylation is 1. The number of pyridine rings is 2. The number of aliphatic hydroxyl groups excluding tert-OH is 1. The summed E-state index contributed by atoms with van der Waals surface area (Å²) in [5, 5.41) is 16.8. The lowest BCUT2D eigenvalue weighted by Crippen LogP contribution is -2.41. The quantitative estimate of drug-likeness (QED) is 0.266. The third-order valence-corrected chi connectivity index (χ3v) is 6.08. The summed E-state index contributed by atoms with van der Waals surface area (Å²) in [7, 11) is 0. The molecule has 1 saturated heterocycles. The molecule has 6 N–H and O–H groups in total. The van der Waals surface area contributed by atoms with Gasteiger partial charge >= 0.3 is 0 Å². The van der Waals surface area contributed by atoms with Gasteiger partial charge in [-0.25, -0.2) is 14.4 Å². The Bertz CT molecular complexity index is 1360. The van der Waals surface area contributed by atoms with E-state index < -0.39 is 5.82 Å². The molecule has 1 aromatic carbocycles. The highest BCUT2D eigenvalue weighted by molar-refractivity contribution is 5.92. The molecule has 4 heterocycles. The van der Waals surface area contributed by atoms with Crippen molar-refractivity contribution >= 4 is 23.5 Å². The number of hydrogen-bond acceptors (Lipinski definition) is 9. The maximum atomic E-state index is 13.8. The Morgan fingerprint density at radius 1 is 1.24 bits per heavy atom. The van der Waals surface area contributed by atoms with Crippen molar-refractivity contribution in [3.05, 3.63) is 54.1 Å². The zero-order valence-corrected chi connectivity index (χ0v) is 21.5. The molecule has 4 aromatic rings. The van der Waals surface area contributed by atoms with Gasteiger partial charge in [0.05, 0.1) is 37.4 Å². The van der Waals surface area contributed by atoms with Crippen LogP contribution >= 0.6 is 0 Å². The number of anilines is 1. The standard InChI is InChI=1S/C20H18FN5O2.C6H13NO.CH2O/c1-11-6-16(21)17(22)9-14(11)12-7-18(25-19(8-12)28-5-4-27)13-2-3-23-20-15(13)10-24-26-20;1-6(2-3-7)4-8-5-6;1-2/h2-3,6-10,27H,4-5,22H2,1H3,(H,23,24,26);2-5,7H2,1H3;1H2. The van der Waals surface area contributed by atoms with Crippen LogP contribution in [-0.2, 0) is 9.53 Å². The third kappa shape index (κ3) is 6.68. The van der Waals surface area contributed by atoms with E-state index in [0.29, 0.717) is 22.6 Å². The first-order valence-electron chi connectivity index (χ1n) is 12.0. The summed E-state index contributed by atoms with van der Waals surface area (Å²) >= 11 is 0. The lowest BCUT2D eigenvalue weighted by molar-refractivity contribution is -0.104. The van der Waals surface area contributed by atoms with Crippen LogP contribution < -0.4 is 16.2 Å². The molecule has 0 aliphatic carbocycles. The molecule has 202 valence electrons. The second kappa shape index (κ2) is 13.0. The minimum absolute atomic E-state index is 0.0675. The highest BCUT2D eigenvalue weighted by atomic mass is 19.1. The third-order valence-electron chi connectivity index (χ3n) is 6.08. The number of H-pyrrole nitrogens is 1. The van der Waals surface area contributed by atoms with Gasteiger partial charge in [-0.05, 0) is 60.8 Å². The Balaban J connectivity index is 0.000000339. The van der Waals surface area contributed by atoms with Gasteiger partial charge in [0.2, 0.25) is 5.88 Å². The number of nitrogen functional groups attached to an aromatic ring is 1. The minimum atomic E-state index is -0.457. The van der Waals surface area contributed by atoms with Gasteiger partial charge in [-0.2, -0.15) is 5.10 Å². The van der Waals surface area contributed by atoms with Crippen molar-refractivity contribution in [3.8, 4) is 28.3 Å². The van der Waals surface area contributed by atoms with Crippen LogP contribution in [0.1, 0.15) is 18.9 Å². The molecule has 1 aliphatic heterocycles. The molecular weight excluding hydrogens is 491 g/mol. The van der Waals surface area contributed by atoms with Crippen molar-refractivity contribution in [1.29, 1.82) is 0 Å². The van der Waals surface area contributed by atoms with E-state index >= 15 is 0 Å². The number of aliphatic hydroxyl groups is 1. The van der Waals surface area contributed by atoms with Crippen LogP contribution in [0.2, 0.25) is 0 Å². The highest BCUT2D eigenvalue weighted by Crippen LogP contribution is 2.34. The van der Waals surface area contributed by atoms with Crippen molar-refractivity contribution < 1.29 is 23.8 Å². The van der Waals surface area contributed by atoms with E-state index in [9.17, 15) is 4.39 Å². The average Bonchev–Trinajstić information content (AvgIpc) is 3.39. The molecule has 0 saturated carbocycles. The Morgan fingerprint density at radius 3 is 2.63 bits per heavy atom. The maximum absolute atomic E-state index is 13.8. The SMILES string of the molecule is C=O.CC1(CCN)COC1.Cc1cc(F)c(N)cc1-c1cc(OCCO)nc(-c2ccnc3[nH]ncc23)c1. The van der Waals surface area contributed by atoms with Crippen LogP contribution in [0.25, 0.3) is 33.4 Å². The van der Waals surface area contributed by atoms with Crippen LogP contribution in [0.3, 0.4) is 0 Å². The van der Waals surface area contributed by atoms with Gasteiger partial charge in [0.25, 0.3) is 0 Å². The number of fused-ring (bicyclic) bond motifs is 1. The van der Waals surface area contributed by atoms with Crippen molar-refractivity contribution in [2.24, 2.45) is 11.1 Å². The van der Waals surface area contributed by atoms with Crippen molar-refractivity contribution in [2.45, 2.75) is 20.3 Å². The van der Waals surface area contributed by atoms with E-state index in [-0.39, 0.29) is 18.9 Å². The van der Waals surface area contributed by atoms with Gasteiger partial charge < -0.3 is 30.8 Å². The summed E-state index contributed by atoms with van der Waals surface area (Å²) in [4.78, 5) is 16.8. The Kier molecular flexibility index (Phi) is 9.83. The summed E-state index contributed by atoms with van der Waals surface area (Å²) in [5.41, 5.74) is 16.0. The van der Waals surface area contributed by atoms with E-state index in [2.05, 4.69) is 27.1 Å². The predicted molar refractivity (Wildman–Crippen MR) is 144 cm³/mol. The number of hydrogen-bond donors (Lipinski definition) is 4. The van der Waals surface area contributed by atoms with Crippen LogP contribution in [0.4, 0.5) is 10.1 Å². The molecule has 1 aliphatic rings. The van der Waals surface area contributed by atoms with Gasteiger partial charge in [0.1, 0.15) is 19.2 Å². The Hall–Kier alpha value is -3.93. The minimum Gasteiger partial charge on any atom is -0.475 e. The van der Waals surface area contributed by atoms with E-state index in [0.717, 1.165) is 53.8 Å². The first-order chi connectivity index (χ1) is 18.3. The number of ether oxygens (including phenoxy) is 2. The lowest BCUT2D eigenvalue weighted by atomic mass is 9.85. The largest absolute Gasteiger partial charge is 0.475 e. The number of nitrogens with two attached hydrogens (primary N) is 2. The monoisotopic (exact) mass is 524 g/mol. The first kappa shape index (κ1) is 28.6. The van der Waals surface area contributed by atoms with Gasteiger partial charge in [-0.3, -0.25) is 5.10 Å². The van der Waals surface area contributed by atoms with E-state index in [1.807, 2.05) is 25.8 Å². The fourth-order valence-corrected chi connectivity index (χ4v) is 4.04. The normalized spacial score (nSPS) is 13.5. The molecule has 0 bridgehead atoms. The van der Waals surface area contributed by atoms with E-state index in [1.165, 1.54) is 6.07 Å². The van der Waals surface area contributed by atoms with Crippen LogP contribution in [0.15, 0.2) is 42.7 Å². The van der Waals surface area contributed by atoms with E-state index in [4.69, 9.17) is 30.8 Å².